The largest absolute Gasteiger partial charge is 0.466 e. The molecule has 0 aromatic heterocycles. The molecule has 1 spiro atoms. The monoisotopic (exact) mass is 560 g/mol. The SMILES string of the molecule is C=C1C2[C@@H](OC(C)=O)C3=C(C)C(=O)O[C@@]34C3=C5[C@](O)(C[C@H]4[C@@]2(C)[C@@H]2C[C@H]12)[C@H]1C[C@H]1[C@]5(C)CC(=O)/C3=C(/C)C(=O)OC. The first-order chi connectivity index (χ1) is 19.2. The molecular formula is C33H36O8. The fourth-order valence-corrected chi connectivity index (χ4v) is 11.4. The van der Waals surface area contributed by atoms with E-state index in [0.29, 0.717) is 23.1 Å². The second-order valence-electron chi connectivity index (χ2n) is 14.4. The maximum absolute atomic E-state index is 14.2. The van der Waals surface area contributed by atoms with Gasteiger partial charge >= 0.3 is 17.9 Å². The van der Waals surface area contributed by atoms with E-state index >= 15 is 0 Å². The number of aliphatic hydroxyl groups is 1. The van der Waals surface area contributed by atoms with Crippen LogP contribution in [0.15, 0.2) is 45.6 Å². The summed E-state index contributed by atoms with van der Waals surface area (Å²) in [5, 5.41) is 12.8. The average Bonchev–Trinajstić information content (AvgIpc) is 3.80. The summed E-state index contributed by atoms with van der Waals surface area (Å²) < 4.78 is 17.8. The van der Waals surface area contributed by atoms with Crippen molar-refractivity contribution in [2.75, 3.05) is 7.11 Å². The van der Waals surface area contributed by atoms with E-state index in [1.807, 2.05) is 6.92 Å². The third-order valence-corrected chi connectivity index (χ3v) is 12.9. The quantitative estimate of drug-likeness (QED) is 0.236. The molecule has 0 radical (unpaired) electrons. The Hall–Kier alpha value is -3.00. The molecule has 5 fully saturated rings. The molecule has 8 rings (SSSR count). The molecule has 8 nitrogen and oxygen atoms in total. The van der Waals surface area contributed by atoms with Crippen LogP contribution in [0, 0.1) is 46.3 Å². The average molecular weight is 561 g/mol. The summed E-state index contributed by atoms with van der Waals surface area (Å²) in [7, 11) is 1.27. The topological polar surface area (TPSA) is 116 Å². The van der Waals surface area contributed by atoms with E-state index in [0.717, 1.165) is 24.0 Å². The zero-order valence-corrected chi connectivity index (χ0v) is 24.4. The molecular weight excluding hydrogens is 524 g/mol. The second-order valence-corrected chi connectivity index (χ2v) is 14.4. The van der Waals surface area contributed by atoms with Crippen LogP contribution in [0.5, 0.6) is 0 Å². The van der Waals surface area contributed by atoms with Crippen LogP contribution in [0.1, 0.15) is 60.3 Å². The van der Waals surface area contributed by atoms with Gasteiger partial charge in [0.25, 0.3) is 0 Å². The summed E-state index contributed by atoms with van der Waals surface area (Å²) >= 11 is 0. The van der Waals surface area contributed by atoms with Crippen molar-refractivity contribution in [2.24, 2.45) is 46.3 Å². The molecule has 216 valence electrons. The molecule has 0 aromatic carbocycles. The summed E-state index contributed by atoms with van der Waals surface area (Å²) in [6, 6.07) is 0. The van der Waals surface area contributed by atoms with Crippen molar-refractivity contribution >= 4 is 23.7 Å². The zero-order valence-electron chi connectivity index (χ0n) is 24.4. The number of rotatable bonds is 2. The normalized spacial score (nSPS) is 50.7. The predicted octanol–water partition coefficient (Wildman–Crippen LogP) is 3.54. The smallest absolute Gasteiger partial charge is 0.335 e. The number of hydrogen-bond donors (Lipinski definition) is 1. The van der Waals surface area contributed by atoms with Crippen molar-refractivity contribution in [3.05, 3.63) is 45.6 Å². The van der Waals surface area contributed by atoms with E-state index in [9.17, 15) is 24.3 Å². The van der Waals surface area contributed by atoms with Crippen LogP contribution in [0.4, 0.5) is 0 Å². The molecule has 5 saturated carbocycles. The fourth-order valence-electron chi connectivity index (χ4n) is 11.4. The molecule has 11 atom stereocenters. The van der Waals surface area contributed by atoms with E-state index in [1.165, 1.54) is 14.0 Å². The molecule has 41 heavy (non-hydrogen) atoms. The Morgan fingerprint density at radius 1 is 1.10 bits per heavy atom. The second kappa shape index (κ2) is 7.13. The molecule has 0 aromatic rings. The van der Waals surface area contributed by atoms with E-state index < -0.39 is 52.0 Å². The van der Waals surface area contributed by atoms with Crippen LogP contribution in [-0.4, -0.2) is 53.2 Å². The minimum atomic E-state index is -1.45. The Kier molecular flexibility index (Phi) is 4.47. The zero-order chi connectivity index (χ0) is 29.3. The van der Waals surface area contributed by atoms with Crippen LogP contribution >= 0.6 is 0 Å². The third kappa shape index (κ3) is 2.52. The first-order valence-electron chi connectivity index (χ1n) is 14.8. The van der Waals surface area contributed by atoms with Gasteiger partial charge in [-0.05, 0) is 67.8 Å². The molecule has 8 heteroatoms. The summed E-state index contributed by atoms with van der Waals surface area (Å²) in [6.07, 6.45) is 1.51. The number of fused-ring (bicyclic) bond motifs is 7. The number of hydrogen-bond acceptors (Lipinski definition) is 8. The number of ketones is 1. The highest BCUT2D eigenvalue weighted by Gasteiger charge is 2.84. The van der Waals surface area contributed by atoms with Crippen LogP contribution in [0.25, 0.3) is 0 Å². The lowest BCUT2D eigenvalue weighted by atomic mass is 9.43. The van der Waals surface area contributed by atoms with E-state index in [4.69, 9.17) is 14.2 Å². The van der Waals surface area contributed by atoms with Crippen LogP contribution in [0.2, 0.25) is 0 Å². The van der Waals surface area contributed by atoms with Gasteiger partial charge in [-0.3, -0.25) is 9.59 Å². The van der Waals surface area contributed by atoms with Gasteiger partial charge in [-0.1, -0.05) is 26.0 Å². The molecule has 0 saturated heterocycles. The fraction of sp³-hybridized carbons (Fsp3) is 0.636. The summed E-state index contributed by atoms with van der Waals surface area (Å²) in [4.78, 5) is 53.7. The van der Waals surface area contributed by atoms with Gasteiger partial charge in [0.15, 0.2) is 11.4 Å². The Bertz CT molecular complexity index is 1560. The Labute approximate surface area is 238 Å². The van der Waals surface area contributed by atoms with Gasteiger partial charge in [0.05, 0.1) is 12.7 Å². The maximum atomic E-state index is 14.2. The summed E-state index contributed by atoms with van der Waals surface area (Å²) in [5.41, 5.74) is -0.387. The van der Waals surface area contributed by atoms with Crippen molar-refractivity contribution in [2.45, 2.75) is 77.6 Å². The number of carbonyl (C=O) groups excluding carboxylic acids is 4. The highest BCUT2D eigenvalue weighted by Crippen LogP contribution is 2.83. The van der Waals surface area contributed by atoms with E-state index in [-0.39, 0.29) is 52.9 Å². The molecule has 0 bridgehead atoms. The molecule has 1 heterocycles. The maximum Gasteiger partial charge on any atom is 0.335 e. The van der Waals surface area contributed by atoms with E-state index in [2.05, 4.69) is 13.5 Å². The minimum Gasteiger partial charge on any atom is -0.466 e. The van der Waals surface area contributed by atoms with Gasteiger partial charge in [0.1, 0.15) is 6.10 Å². The third-order valence-electron chi connectivity index (χ3n) is 12.9. The minimum absolute atomic E-state index is 0.00101. The number of carbonyl (C=O) groups is 4. The highest BCUT2D eigenvalue weighted by molar-refractivity contribution is 6.10. The number of esters is 3. The molecule has 1 aliphatic heterocycles. The Morgan fingerprint density at radius 2 is 1.80 bits per heavy atom. The van der Waals surface area contributed by atoms with Gasteiger partial charge in [-0.25, -0.2) is 9.59 Å². The number of ether oxygens (including phenoxy) is 3. The van der Waals surface area contributed by atoms with Gasteiger partial charge in [-0.15, -0.1) is 0 Å². The van der Waals surface area contributed by atoms with Gasteiger partial charge in [0, 0.05) is 58.5 Å². The molecule has 1 unspecified atom stereocenters. The number of methoxy groups -OCH3 is 1. The van der Waals surface area contributed by atoms with Crippen molar-refractivity contribution in [3.8, 4) is 0 Å². The molecule has 0 amide bonds. The first kappa shape index (κ1) is 25.7. The van der Waals surface area contributed by atoms with E-state index in [1.54, 1.807) is 13.8 Å². The number of Topliss-reactive ketones (excluding diaryl/α,β-unsaturated/α-hetero) is 1. The van der Waals surface area contributed by atoms with Gasteiger partial charge in [0.2, 0.25) is 0 Å². The van der Waals surface area contributed by atoms with Crippen molar-refractivity contribution < 1.29 is 38.5 Å². The van der Waals surface area contributed by atoms with Crippen LogP contribution in [-0.2, 0) is 33.4 Å². The lowest BCUT2D eigenvalue weighted by Crippen LogP contribution is -2.67. The first-order valence-corrected chi connectivity index (χ1v) is 14.8. The van der Waals surface area contributed by atoms with Gasteiger partial charge in [-0.2, -0.15) is 0 Å². The van der Waals surface area contributed by atoms with Gasteiger partial charge < -0.3 is 19.3 Å². The predicted molar refractivity (Wildman–Crippen MR) is 144 cm³/mol. The van der Waals surface area contributed by atoms with Crippen LogP contribution < -0.4 is 0 Å². The summed E-state index contributed by atoms with van der Waals surface area (Å²) in [5.74, 6) is -1.90. The lowest BCUT2D eigenvalue weighted by Gasteiger charge is -2.63. The molecule has 7 aliphatic carbocycles. The Morgan fingerprint density at radius 3 is 2.46 bits per heavy atom. The Balaban J connectivity index is 1.53. The lowest BCUT2D eigenvalue weighted by molar-refractivity contribution is -0.182. The van der Waals surface area contributed by atoms with Crippen molar-refractivity contribution in [1.82, 2.24) is 0 Å². The standard InChI is InChI=1S/C33H36O8/c1-12-16-8-17(16)31(6)21-11-32(38)19-9-18(19)30(5)10-20(35)22(13(2)28(36)39-7)25(27(30)32)33(21)24(14(3)29(37)41-33)26(23(12)31)40-15(4)34/h16-19,21,23,26,38H,1,8-11H2,2-7H3/b22-13+/t16-,17-,18-,19+,21+,23?,26-,30+,31-,32+,33-/m1/s1. The van der Waals surface area contributed by atoms with Crippen molar-refractivity contribution in [1.29, 1.82) is 0 Å². The highest BCUT2D eigenvalue weighted by atomic mass is 16.6. The van der Waals surface area contributed by atoms with Crippen LogP contribution in [0.3, 0.4) is 0 Å². The summed E-state index contributed by atoms with van der Waals surface area (Å²) in [6.45, 7) is 13.3. The molecule has 1 N–H and O–H groups in total. The molecule has 8 aliphatic rings. The van der Waals surface area contributed by atoms with Crippen molar-refractivity contribution in [3.63, 3.8) is 0 Å².